The van der Waals surface area contributed by atoms with Gasteiger partial charge in [0.15, 0.2) is 0 Å². The van der Waals surface area contributed by atoms with Crippen LogP contribution in [0.2, 0.25) is 0 Å². The van der Waals surface area contributed by atoms with E-state index in [0.29, 0.717) is 11.7 Å². The van der Waals surface area contributed by atoms with Crippen molar-refractivity contribution in [3.63, 3.8) is 0 Å². The monoisotopic (exact) mass is 322 g/mol. The molecule has 0 bridgehead atoms. The number of aryl methyl sites for hydroxylation is 1. The maximum Gasteiger partial charge on any atom is 0.249 e. The molecular weight excluding hydrogens is 304 g/mol. The summed E-state index contributed by atoms with van der Waals surface area (Å²) in [5.41, 5.74) is 2.84. The molecular formula is C18H18N4O2. The molecule has 3 aromatic rings. The molecule has 0 aliphatic carbocycles. The van der Waals surface area contributed by atoms with Crippen LogP contribution in [0.1, 0.15) is 30.0 Å². The van der Waals surface area contributed by atoms with Crippen molar-refractivity contribution >= 4 is 5.91 Å². The van der Waals surface area contributed by atoms with E-state index < -0.39 is 0 Å². The molecule has 1 atom stereocenters. The molecule has 0 aliphatic rings. The normalized spacial score (nSPS) is 11.9. The molecule has 0 radical (unpaired) electrons. The van der Waals surface area contributed by atoms with Gasteiger partial charge in [-0.3, -0.25) is 9.78 Å². The van der Waals surface area contributed by atoms with Crippen LogP contribution in [0.4, 0.5) is 0 Å². The van der Waals surface area contributed by atoms with E-state index in [4.69, 9.17) is 4.52 Å². The quantitative estimate of drug-likeness (QED) is 0.781. The van der Waals surface area contributed by atoms with Gasteiger partial charge in [0.25, 0.3) is 0 Å². The first-order valence-electron chi connectivity index (χ1n) is 7.71. The summed E-state index contributed by atoms with van der Waals surface area (Å²) in [7, 11) is 0. The zero-order valence-corrected chi connectivity index (χ0v) is 13.6. The molecule has 2 aromatic heterocycles. The van der Waals surface area contributed by atoms with Crippen molar-refractivity contribution < 1.29 is 9.32 Å². The smallest absolute Gasteiger partial charge is 0.249 e. The van der Waals surface area contributed by atoms with Crippen molar-refractivity contribution in [2.24, 2.45) is 0 Å². The van der Waals surface area contributed by atoms with Gasteiger partial charge in [0.2, 0.25) is 17.6 Å². The highest BCUT2D eigenvalue weighted by molar-refractivity contribution is 5.78. The number of carbonyl (C=O) groups excluding carboxylic acids is 1. The van der Waals surface area contributed by atoms with Gasteiger partial charge < -0.3 is 9.84 Å². The number of pyridine rings is 1. The molecule has 0 saturated carbocycles. The fraction of sp³-hybridized carbons (Fsp3) is 0.222. The Morgan fingerprint density at radius 1 is 1.25 bits per heavy atom. The first-order valence-corrected chi connectivity index (χ1v) is 7.71. The van der Waals surface area contributed by atoms with Crippen LogP contribution in [-0.2, 0) is 11.2 Å². The lowest BCUT2D eigenvalue weighted by Crippen LogP contribution is -2.28. The molecule has 1 aromatic carbocycles. The van der Waals surface area contributed by atoms with Crippen LogP contribution >= 0.6 is 0 Å². The Labute approximate surface area is 139 Å². The minimum absolute atomic E-state index is 0.119. The lowest BCUT2D eigenvalue weighted by atomic mass is 10.1. The lowest BCUT2D eigenvalue weighted by Gasteiger charge is -2.09. The Balaban J connectivity index is 1.67. The third-order valence-electron chi connectivity index (χ3n) is 3.66. The van der Waals surface area contributed by atoms with Gasteiger partial charge in [0.1, 0.15) is 6.04 Å². The second-order valence-corrected chi connectivity index (χ2v) is 5.60. The first-order chi connectivity index (χ1) is 11.6. The average molecular weight is 322 g/mol. The number of nitrogens with one attached hydrogen (secondary N) is 1. The standard InChI is InChI=1S/C18H18N4O2/c1-12-6-3-4-8-15(12)17-21-18(24-22-17)13(2)20-16(23)10-14-7-5-9-19-11-14/h3-9,11,13H,10H2,1-2H3,(H,20,23)/t13-/m0/s1. The van der Waals surface area contributed by atoms with Gasteiger partial charge in [-0.05, 0) is 31.0 Å². The van der Waals surface area contributed by atoms with E-state index in [1.807, 2.05) is 44.2 Å². The van der Waals surface area contributed by atoms with Crippen LogP contribution in [0.25, 0.3) is 11.4 Å². The maximum absolute atomic E-state index is 12.1. The zero-order chi connectivity index (χ0) is 16.9. The summed E-state index contributed by atoms with van der Waals surface area (Å²) in [6, 6.07) is 11.1. The summed E-state index contributed by atoms with van der Waals surface area (Å²) >= 11 is 0. The van der Waals surface area contributed by atoms with Crippen molar-refractivity contribution in [2.75, 3.05) is 0 Å². The van der Waals surface area contributed by atoms with Crippen LogP contribution in [0.5, 0.6) is 0 Å². The molecule has 2 heterocycles. The summed E-state index contributed by atoms with van der Waals surface area (Å²) in [5.74, 6) is 0.787. The summed E-state index contributed by atoms with van der Waals surface area (Å²) in [4.78, 5) is 20.5. The second-order valence-electron chi connectivity index (χ2n) is 5.60. The van der Waals surface area contributed by atoms with Crippen LogP contribution in [0, 0.1) is 6.92 Å². The molecule has 0 spiro atoms. The van der Waals surface area contributed by atoms with E-state index >= 15 is 0 Å². The third-order valence-corrected chi connectivity index (χ3v) is 3.66. The largest absolute Gasteiger partial charge is 0.344 e. The summed E-state index contributed by atoms with van der Waals surface area (Å²) in [5, 5.41) is 6.87. The molecule has 1 N–H and O–H groups in total. The Kier molecular flexibility index (Phi) is 4.65. The highest BCUT2D eigenvalue weighted by atomic mass is 16.5. The predicted octanol–water partition coefficient (Wildman–Crippen LogP) is 2.86. The highest BCUT2D eigenvalue weighted by Gasteiger charge is 2.18. The molecule has 3 rings (SSSR count). The third kappa shape index (κ3) is 3.65. The van der Waals surface area contributed by atoms with Gasteiger partial charge in [0, 0.05) is 18.0 Å². The number of nitrogens with zero attached hydrogens (tertiary/aromatic N) is 3. The van der Waals surface area contributed by atoms with Gasteiger partial charge in [0.05, 0.1) is 6.42 Å². The number of hydrogen-bond acceptors (Lipinski definition) is 5. The van der Waals surface area contributed by atoms with E-state index in [-0.39, 0.29) is 18.4 Å². The van der Waals surface area contributed by atoms with Crippen molar-refractivity contribution in [1.82, 2.24) is 20.4 Å². The van der Waals surface area contributed by atoms with Crippen molar-refractivity contribution in [2.45, 2.75) is 26.3 Å². The van der Waals surface area contributed by atoms with E-state index in [0.717, 1.165) is 16.7 Å². The van der Waals surface area contributed by atoms with Gasteiger partial charge >= 0.3 is 0 Å². The fourth-order valence-corrected chi connectivity index (χ4v) is 2.39. The molecule has 0 unspecified atom stereocenters. The van der Waals surface area contributed by atoms with Crippen molar-refractivity contribution in [3.05, 3.63) is 65.8 Å². The number of amides is 1. The molecule has 24 heavy (non-hydrogen) atoms. The highest BCUT2D eigenvalue weighted by Crippen LogP contribution is 2.21. The zero-order valence-electron chi connectivity index (χ0n) is 13.6. The number of rotatable bonds is 5. The van der Waals surface area contributed by atoms with Gasteiger partial charge in [-0.1, -0.05) is 35.5 Å². The van der Waals surface area contributed by atoms with Crippen LogP contribution < -0.4 is 5.32 Å². The first kappa shape index (κ1) is 15.9. The Morgan fingerprint density at radius 3 is 2.83 bits per heavy atom. The average Bonchev–Trinajstić information content (AvgIpc) is 3.06. The molecule has 6 nitrogen and oxygen atoms in total. The second kappa shape index (κ2) is 7.04. The number of aromatic nitrogens is 3. The lowest BCUT2D eigenvalue weighted by molar-refractivity contribution is -0.121. The van der Waals surface area contributed by atoms with Gasteiger partial charge in [-0.15, -0.1) is 0 Å². The van der Waals surface area contributed by atoms with Crippen LogP contribution in [-0.4, -0.2) is 21.0 Å². The van der Waals surface area contributed by atoms with Gasteiger partial charge in [-0.2, -0.15) is 4.98 Å². The number of benzene rings is 1. The minimum atomic E-state index is -0.362. The van der Waals surface area contributed by atoms with Crippen LogP contribution in [0.3, 0.4) is 0 Å². The fourth-order valence-electron chi connectivity index (χ4n) is 2.39. The molecule has 122 valence electrons. The molecule has 6 heteroatoms. The Hall–Kier alpha value is -3.02. The topological polar surface area (TPSA) is 80.9 Å². The SMILES string of the molecule is Cc1ccccc1-c1noc([C@H](C)NC(=O)Cc2cccnc2)n1. The summed E-state index contributed by atoms with van der Waals surface area (Å²) in [6.07, 6.45) is 3.61. The Bertz CT molecular complexity index is 830. The predicted molar refractivity (Wildman–Crippen MR) is 89.0 cm³/mol. The van der Waals surface area contributed by atoms with Crippen molar-refractivity contribution in [1.29, 1.82) is 0 Å². The molecule has 1 amide bonds. The van der Waals surface area contributed by atoms with E-state index in [2.05, 4.69) is 20.4 Å². The molecule has 0 aliphatic heterocycles. The number of hydrogen-bond donors (Lipinski definition) is 1. The van der Waals surface area contributed by atoms with Crippen molar-refractivity contribution in [3.8, 4) is 11.4 Å². The summed E-state index contributed by atoms with van der Waals surface area (Å²) < 4.78 is 5.30. The van der Waals surface area contributed by atoms with Crippen LogP contribution in [0.15, 0.2) is 53.3 Å². The summed E-state index contributed by atoms with van der Waals surface area (Å²) in [6.45, 7) is 3.81. The van der Waals surface area contributed by atoms with Gasteiger partial charge in [-0.25, -0.2) is 0 Å². The van der Waals surface area contributed by atoms with E-state index in [9.17, 15) is 4.79 Å². The Morgan fingerprint density at radius 2 is 2.08 bits per heavy atom. The van der Waals surface area contributed by atoms with E-state index in [1.54, 1.807) is 18.5 Å². The maximum atomic E-state index is 12.1. The van der Waals surface area contributed by atoms with E-state index in [1.165, 1.54) is 0 Å². The minimum Gasteiger partial charge on any atom is -0.344 e. The molecule has 0 saturated heterocycles. The molecule has 0 fully saturated rings. The number of carbonyl (C=O) groups is 1.